The first-order valence-corrected chi connectivity index (χ1v) is 9.51. The Bertz CT molecular complexity index is 827. The molecule has 0 spiro atoms. The molecule has 4 nitrogen and oxygen atoms in total. The summed E-state index contributed by atoms with van der Waals surface area (Å²) in [5, 5.41) is 3.31. The van der Waals surface area contributed by atoms with Crippen LogP contribution in [0.3, 0.4) is 0 Å². The van der Waals surface area contributed by atoms with Gasteiger partial charge in [-0.2, -0.15) is 0 Å². The van der Waals surface area contributed by atoms with Crippen molar-refractivity contribution in [1.29, 1.82) is 0 Å². The van der Waals surface area contributed by atoms with E-state index in [0.717, 1.165) is 24.6 Å². The predicted molar refractivity (Wildman–Crippen MR) is 90.2 cm³/mol. The molecule has 0 radical (unpaired) electrons. The van der Waals surface area contributed by atoms with Crippen LogP contribution in [0.1, 0.15) is 17.2 Å². The van der Waals surface area contributed by atoms with Gasteiger partial charge in [-0.05, 0) is 58.2 Å². The molecular formula is C16H16BrFN2O2S. The van der Waals surface area contributed by atoms with Gasteiger partial charge in [-0.3, -0.25) is 0 Å². The smallest absolute Gasteiger partial charge is 0.241 e. The molecule has 2 N–H and O–H groups in total. The van der Waals surface area contributed by atoms with Crippen molar-refractivity contribution < 1.29 is 12.8 Å². The van der Waals surface area contributed by atoms with Crippen molar-refractivity contribution in [3.05, 3.63) is 63.9 Å². The molecule has 0 amide bonds. The number of halogens is 2. The molecule has 0 bridgehead atoms. The average molecular weight is 399 g/mol. The summed E-state index contributed by atoms with van der Waals surface area (Å²) >= 11 is 3.16. The van der Waals surface area contributed by atoms with Crippen LogP contribution in [0.5, 0.6) is 0 Å². The highest BCUT2D eigenvalue weighted by atomic mass is 79.9. The van der Waals surface area contributed by atoms with E-state index in [1.165, 1.54) is 17.7 Å². The van der Waals surface area contributed by atoms with Gasteiger partial charge < -0.3 is 5.32 Å². The minimum atomic E-state index is -3.79. The molecule has 0 aliphatic carbocycles. The van der Waals surface area contributed by atoms with Gasteiger partial charge in [0.25, 0.3) is 0 Å². The standard InChI is InChI=1S/C16H16BrFN2O2S/c17-14-6-5-12(18)9-16(14)23(21,22)20-10-15-13-4-2-1-3-11(13)7-8-19-15/h1-6,9,15,19-20H,7-8,10H2. The zero-order valence-corrected chi connectivity index (χ0v) is 14.6. The Morgan fingerprint density at radius 1 is 1.26 bits per heavy atom. The van der Waals surface area contributed by atoms with Crippen LogP contribution in [-0.4, -0.2) is 21.5 Å². The van der Waals surface area contributed by atoms with Crippen molar-refractivity contribution >= 4 is 26.0 Å². The summed E-state index contributed by atoms with van der Waals surface area (Å²) in [7, 11) is -3.79. The van der Waals surface area contributed by atoms with Crippen LogP contribution in [0.15, 0.2) is 51.8 Å². The third-order valence-electron chi connectivity index (χ3n) is 3.88. The largest absolute Gasteiger partial charge is 0.308 e. The summed E-state index contributed by atoms with van der Waals surface area (Å²) in [5.41, 5.74) is 2.32. The van der Waals surface area contributed by atoms with Crippen molar-refractivity contribution in [3.63, 3.8) is 0 Å². The summed E-state index contributed by atoms with van der Waals surface area (Å²) in [4.78, 5) is -0.0957. The molecular weight excluding hydrogens is 383 g/mol. The van der Waals surface area contributed by atoms with E-state index in [0.29, 0.717) is 4.47 Å². The van der Waals surface area contributed by atoms with Crippen LogP contribution in [0, 0.1) is 5.82 Å². The third-order valence-corrected chi connectivity index (χ3v) is 6.29. The molecule has 1 heterocycles. The second kappa shape index (κ2) is 6.68. The van der Waals surface area contributed by atoms with E-state index in [4.69, 9.17) is 0 Å². The molecule has 1 atom stereocenters. The Kier molecular flexibility index (Phi) is 4.82. The van der Waals surface area contributed by atoms with Gasteiger partial charge in [0.05, 0.1) is 4.90 Å². The van der Waals surface area contributed by atoms with E-state index in [1.807, 2.05) is 18.2 Å². The fraction of sp³-hybridized carbons (Fsp3) is 0.250. The second-order valence-corrected chi connectivity index (χ2v) is 7.97. The molecule has 23 heavy (non-hydrogen) atoms. The van der Waals surface area contributed by atoms with E-state index >= 15 is 0 Å². The fourth-order valence-corrected chi connectivity index (χ4v) is 4.75. The molecule has 2 aromatic carbocycles. The lowest BCUT2D eigenvalue weighted by molar-refractivity contribution is 0.491. The van der Waals surface area contributed by atoms with Crippen LogP contribution in [0.2, 0.25) is 0 Å². The van der Waals surface area contributed by atoms with Crippen LogP contribution in [-0.2, 0) is 16.4 Å². The molecule has 2 aromatic rings. The van der Waals surface area contributed by atoms with Crippen LogP contribution in [0.25, 0.3) is 0 Å². The topological polar surface area (TPSA) is 58.2 Å². The number of fused-ring (bicyclic) bond motifs is 1. The van der Waals surface area contributed by atoms with Gasteiger partial charge in [-0.1, -0.05) is 24.3 Å². The minimum Gasteiger partial charge on any atom is -0.308 e. The highest BCUT2D eigenvalue weighted by Crippen LogP contribution is 2.25. The summed E-state index contributed by atoms with van der Waals surface area (Å²) in [6, 6.07) is 11.5. The molecule has 0 fully saturated rings. The Morgan fingerprint density at radius 3 is 2.87 bits per heavy atom. The molecule has 0 aromatic heterocycles. The Labute approximate surface area is 143 Å². The summed E-state index contributed by atoms with van der Waals surface area (Å²) in [6.45, 7) is 1.01. The van der Waals surface area contributed by atoms with Crippen molar-refractivity contribution in [2.24, 2.45) is 0 Å². The molecule has 1 aliphatic heterocycles. The molecule has 3 rings (SSSR count). The van der Waals surface area contributed by atoms with Crippen molar-refractivity contribution in [3.8, 4) is 0 Å². The molecule has 7 heteroatoms. The van der Waals surface area contributed by atoms with Gasteiger partial charge in [0.1, 0.15) is 5.82 Å². The van der Waals surface area contributed by atoms with Crippen molar-refractivity contribution in [1.82, 2.24) is 10.0 Å². The highest BCUT2D eigenvalue weighted by Gasteiger charge is 2.23. The number of benzene rings is 2. The first-order valence-electron chi connectivity index (χ1n) is 7.23. The van der Waals surface area contributed by atoms with Crippen LogP contribution in [0.4, 0.5) is 4.39 Å². The summed E-state index contributed by atoms with van der Waals surface area (Å²) in [6.07, 6.45) is 0.925. The zero-order chi connectivity index (χ0) is 16.4. The monoisotopic (exact) mass is 398 g/mol. The highest BCUT2D eigenvalue weighted by molar-refractivity contribution is 9.10. The number of hydrogen-bond donors (Lipinski definition) is 2. The van der Waals surface area contributed by atoms with Gasteiger partial charge in [0.15, 0.2) is 0 Å². The maximum Gasteiger partial charge on any atom is 0.241 e. The average Bonchev–Trinajstić information content (AvgIpc) is 2.55. The Hall–Kier alpha value is -1.28. The quantitative estimate of drug-likeness (QED) is 0.832. The number of sulfonamides is 1. The van der Waals surface area contributed by atoms with Crippen molar-refractivity contribution in [2.75, 3.05) is 13.1 Å². The fourth-order valence-electron chi connectivity index (χ4n) is 2.73. The van der Waals surface area contributed by atoms with E-state index in [2.05, 4.69) is 32.0 Å². The van der Waals surface area contributed by atoms with E-state index < -0.39 is 15.8 Å². The maximum atomic E-state index is 13.3. The molecule has 0 saturated carbocycles. The van der Waals surface area contributed by atoms with E-state index in [9.17, 15) is 12.8 Å². The van der Waals surface area contributed by atoms with E-state index in [1.54, 1.807) is 0 Å². The molecule has 0 saturated heterocycles. The Morgan fingerprint density at radius 2 is 2.04 bits per heavy atom. The lowest BCUT2D eigenvalue weighted by atomic mass is 9.95. The maximum absolute atomic E-state index is 13.3. The van der Waals surface area contributed by atoms with Crippen molar-refractivity contribution in [2.45, 2.75) is 17.4 Å². The molecule has 1 unspecified atom stereocenters. The van der Waals surface area contributed by atoms with E-state index in [-0.39, 0.29) is 17.5 Å². The van der Waals surface area contributed by atoms with Gasteiger partial charge in [0, 0.05) is 17.1 Å². The third kappa shape index (κ3) is 3.63. The predicted octanol–water partition coefficient (Wildman–Crippen LogP) is 2.75. The lowest BCUT2D eigenvalue weighted by Crippen LogP contribution is -2.38. The lowest BCUT2D eigenvalue weighted by Gasteiger charge is -2.27. The minimum absolute atomic E-state index is 0.0953. The first-order chi connectivity index (χ1) is 11.0. The van der Waals surface area contributed by atoms with Crippen LogP contribution >= 0.6 is 15.9 Å². The summed E-state index contributed by atoms with van der Waals surface area (Å²) < 4.78 is 41.1. The van der Waals surface area contributed by atoms with Gasteiger partial charge >= 0.3 is 0 Å². The number of rotatable bonds is 4. The molecule has 1 aliphatic rings. The first kappa shape index (κ1) is 16.6. The van der Waals surface area contributed by atoms with Gasteiger partial charge in [-0.25, -0.2) is 17.5 Å². The SMILES string of the molecule is O=S(=O)(NCC1NCCc2ccccc21)c1cc(F)ccc1Br. The number of hydrogen-bond acceptors (Lipinski definition) is 3. The van der Waals surface area contributed by atoms with Gasteiger partial charge in [-0.15, -0.1) is 0 Å². The normalized spacial score (nSPS) is 17.7. The second-order valence-electron chi connectivity index (χ2n) is 5.38. The van der Waals surface area contributed by atoms with Crippen LogP contribution < -0.4 is 10.0 Å². The number of nitrogens with one attached hydrogen (secondary N) is 2. The molecule has 122 valence electrons. The Balaban J connectivity index is 1.79. The zero-order valence-electron chi connectivity index (χ0n) is 12.2. The van der Waals surface area contributed by atoms with Gasteiger partial charge in [0.2, 0.25) is 10.0 Å². The summed E-state index contributed by atoms with van der Waals surface area (Å²) in [5.74, 6) is -0.588.